The van der Waals surface area contributed by atoms with Crippen LogP contribution in [0.4, 0.5) is 0 Å². The maximum Gasteiger partial charge on any atom is 0.348 e. The van der Waals surface area contributed by atoms with Crippen LogP contribution >= 0.6 is 0 Å². The van der Waals surface area contributed by atoms with Gasteiger partial charge in [-0.15, -0.1) is 0 Å². The first-order valence-corrected chi connectivity index (χ1v) is 29.9. The van der Waals surface area contributed by atoms with Gasteiger partial charge in [-0.3, -0.25) is 4.79 Å². The van der Waals surface area contributed by atoms with E-state index in [4.69, 9.17) is 57.2 Å². The summed E-state index contributed by atoms with van der Waals surface area (Å²) in [6.07, 6.45) is 25.9. The van der Waals surface area contributed by atoms with E-state index in [2.05, 4.69) is 32.9 Å². The van der Waals surface area contributed by atoms with Crippen LogP contribution in [-0.2, 0) is 105 Å². The molecule has 0 aromatic heterocycles. The van der Waals surface area contributed by atoms with Crippen molar-refractivity contribution >= 4 is 65.7 Å². The average Bonchev–Trinajstić information content (AvgIpc) is 1.70. The summed E-state index contributed by atoms with van der Waals surface area (Å²) in [6, 6.07) is 0. The van der Waals surface area contributed by atoms with Crippen molar-refractivity contribution in [3.05, 3.63) is 123 Å². The Morgan fingerprint density at radius 2 is 0.865 bits per heavy atom. The van der Waals surface area contributed by atoms with Crippen LogP contribution in [0.2, 0.25) is 0 Å². The molecular weight excluding hydrogens is 1160 g/mol. The highest BCUT2D eigenvalue weighted by atomic mass is 16.6. The maximum atomic E-state index is 13.3. The first kappa shape index (κ1) is 65.0. The van der Waals surface area contributed by atoms with Gasteiger partial charge >= 0.3 is 65.7 Å². The molecule has 476 valence electrons. The largest absolute Gasteiger partial charge is 0.456 e. The van der Waals surface area contributed by atoms with E-state index in [0.29, 0.717) is 48.7 Å². The van der Waals surface area contributed by atoms with Gasteiger partial charge in [0.15, 0.2) is 0 Å². The first-order chi connectivity index (χ1) is 42.5. The van der Waals surface area contributed by atoms with Crippen LogP contribution in [0, 0.1) is 46.8 Å². The number of hydrogen-bond acceptors (Lipinski definition) is 23. The highest BCUT2D eigenvalue weighted by Crippen LogP contribution is 2.63. The lowest BCUT2D eigenvalue weighted by Crippen LogP contribution is -2.60. The van der Waals surface area contributed by atoms with Crippen molar-refractivity contribution in [1.82, 2.24) is 0 Å². The molecule has 23 nitrogen and oxygen atoms in total. The van der Waals surface area contributed by atoms with Gasteiger partial charge in [-0.05, 0) is 133 Å². The highest BCUT2D eigenvalue weighted by molar-refractivity contribution is 5.92. The summed E-state index contributed by atoms with van der Waals surface area (Å²) >= 11 is 0. The van der Waals surface area contributed by atoms with Crippen LogP contribution in [-0.4, -0.2) is 144 Å². The monoisotopic (exact) mass is 1230 g/mol. The molecule has 0 aromatic rings. The average molecular weight is 1240 g/mol. The van der Waals surface area contributed by atoms with Gasteiger partial charge in [0.25, 0.3) is 0 Å². The summed E-state index contributed by atoms with van der Waals surface area (Å²) in [5.41, 5.74) is -0.665. The molecule has 5 saturated heterocycles. The Labute approximate surface area is 513 Å². The van der Waals surface area contributed by atoms with Crippen molar-refractivity contribution < 1.29 is 110 Å². The van der Waals surface area contributed by atoms with Crippen molar-refractivity contribution in [3.8, 4) is 0 Å². The molecule has 0 aromatic carbocycles. The number of carbonyl (C=O) groups excluding carboxylic acids is 11. The van der Waals surface area contributed by atoms with Gasteiger partial charge in [-0.25, -0.2) is 47.9 Å². The van der Waals surface area contributed by atoms with Gasteiger partial charge in [0.05, 0.1) is 35.3 Å². The quantitative estimate of drug-likeness (QED) is 0.0995. The minimum absolute atomic E-state index is 0.0357. The summed E-state index contributed by atoms with van der Waals surface area (Å²) in [7, 11) is 0. The fourth-order valence-electron chi connectivity index (χ4n) is 14.2. The lowest BCUT2D eigenvalue weighted by molar-refractivity contribution is -0.213. The third kappa shape index (κ3) is 14.3. The second kappa shape index (κ2) is 27.5. The molecule has 9 fully saturated rings. The van der Waals surface area contributed by atoms with Crippen LogP contribution in [0.15, 0.2) is 123 Å². The van der Waals surface area contributed by atoms with E-state index in [0.717, 1.165) is 69.9 Å². The Morgan fingerprint density at radius 3 is 1.27 bits per heavy atom. The van der Waals surface area contributed by atoms with E-state index < -0.39 is 102 Å². The highest BCUT2D eigenvalue weighted by Gasteiger charge is 2.64. The molecule has 4 bridgehead atoms. The SMILES string of the molecule is C=C(C)C(=O)OC12CC3CC(C1)CC(C(=O)OC1C(=O)OC4C=CCC41)(C3)C2.C=C(C)C(=O)OC1C(=O)OC2C=CCCC21.C=C(CO)C(=O)OC1C(=O)OC2C=CCC21.C=CC(=O)OC1C(=O)OC2C=CCC21.C=CC(=O)OC1C(=O)OC2C=CCCC21. The topological polar surface area (TPSA) is 310 Å². The standard InChI is InChI=1S/C22H26O6.C12H14O4.C11H12O5.C11H12O4.C10H10O4/c1-12(2)18(23)28-22-9-13-6-14(10-22)8-21(7-13,11-22)20(25)27-17-15-4-3-5-16(15)26-19(17)24;1-7(2)11(13)16-10-8-5-3-4-6-9(8)15-12(10)14;1-6(5-12)10(13)16-9-7-3-2-4-8(7)15-11(9)14;1-2-9(12)15-10-7-5-3-4-6-8(7)14-11(10)13;1-2-8(11)14-9-6-4-3-5-7(6)13-10(9)12/h3,5,13-17H,1,4,6-11H2,2H3;4,6,8-10H,1,3,5H2,2H3;2,4,7-9,12H,1,3,5H2;2,4,6-8,10H,1,3,5H2;2-3,5-7,9H,1,4H2. The molecule has 5 aliphatic heterocycles. The molecule has 9 aliphatic carbocycles. The number of rotatable bonds is 13. The molecule has 17 unspecified atom stereocenters. The first-order valence-electron chi connectivity index (χ1n) is 29.9. The van der Waals surface area contributed by atoms with Crippen LogP contribution in [0.1, 0.15) is 97.3 Å². The number of carbonyl (C=O) groups is 11. The molecule has 14 aliphatic rings. The molecule has 4 saturated carbocycles. The summed E-state index contributed by atoms with van der Waals surface area (Å²) in [5.74, 6) is -5.15. The molecule has 14 rings (SSSR count). The second-order valence-electron chi connectivity index (χ2n) is 24.6. The van der Waals surface area contributed by atoms with E-state index in [9.17, 15) is 52.7 Å². The zero-order chi connectivity index (χ0) is 64.1. The minimum atomic E-state index is -0.879. The van der Waals surface area contributed by atoms with E-state index in [1.54, 1.807) is 19.9 Å². The molecule has 17 atom stereocenters. The van der Waals surface area contributed by atoms with Gasteiger partial charge in [-0.1, -0.05) is 63.3 Å². The van der Waals surface area contributed by atoms with E-state index in [1.165, 1.54) is 0 Å². The second-order valence-corrected chi connectivity index (χ2v) is 24.6. The van der Waals surface area contributed by atoms with Crippen molar-refractivity contribution in [2.75, 3.05) is 6.61 Å². The lowest BCUT2D eigenvalue weighted by Gasteiger charge is -2.59. The number of aliphatic hydroxyl groups excluding tert-OH is 1. The minimum Gasteiger partial charge on any atom is -0.456 e. The maximum absolute atomic E-state index is 13.3. The number of allylic oxidation sites excluding steroid dienone is 5. The van der Waals surface area contributed by atoms with Crippen LogP contribution < -0.4 is 0 Å². The Bertz CT molecular complexity index is 3090. The van der Waals surface area contributed by atoms with Crippen molar-refractivity contribution in [2.45, 2.75) is 164 Å². The van der Waals surface area contributed by atoms with E-state index in [1.807, 2.05) is 54.7 Å². The van der Waals surface area contributed by atoms with Gasteiger partial charge in [0.1, 0.15) is 36.1 Å². The van der Waals surface area contributed by atoms with Gasteiger partial charge in [0, 0.05) is 41.6 Å². The molecular formula is C66H74O23. The van der Waals surface area contributed by atoms with E-state index in [-0.39, 0.29) is 77.6 Å². The summed E-state index contributed by atoms with van der Waals surface area (Å²) in [4.78, 5) is 128. The molecule has 89 heavy (non-hydrogen) atoms. The molecule has 23 heteroatoms. The third-order valence-corrected chi connectivity index (χ3v) is 18.1. The van der Waals surface area contributed by atoms with Crippen molar-refractivity contribution in [1.29, 1.82) is 0 Å². The zero-order valence-electron chi connectivity index (χ0n) is 49.6. The Balaban J connectivity index is 0.000000136. The van der Waals surface area contributed by atoms with Gasteiger partial charge < -0.3 is 57.2 Å². The zero-order valence-corrected chi connectivity index (χ0v) is 49.6. The smallest absolute Gasteiger partial charge is 0.348 e. The predicted octanol–water partition coefficient (Wildman–Crippen LogP) is 5.73. The predicted molar refractivity (Wildman–Crippen MR) is 306 cm³/mol. The molecule has 0 amide bonds. The number of fused-ring (bicyclic) bond motifs is 5. The number of ether oxygens (including phenoxy) is 11. The fraction of sp³-hybridized carbons (Fsp3) is 0.530. The van der Waals surface area contributed by atoms with Crippen molar-refractivity contribution in [2.24, 2.45) is 46.8 Å². The third-order valence-electron chi connectivity index (χ3n) is 18.1. The molecule has 1 N–H and O–H groups in total. The Hall–Kier alpha value is -8.47. The normalized spacial score (nSPS) is 36.3. The molecule has 5 heterocycles. The van der Waals surface area contributed by atoms with Crippen LogP contribution in [0.3, 0.4) is 0 Å². The van der Waals surface area contributed by atoms with Gasteiger partial charge in [0.2, 0.25) is 30.5 Å². The Morgan fingerprint density at radius 1 is 0.506 bits per heavy atom. The molecule has 0 radical (unpaired) electrons. The number of aliphatic hydroxyl groups is 1. The summed E-state index contributed by atoms with van der Waals surface area (Å²) in [5, 5.41) is 8.70. The van der Waals surface area contributed by atoms with Crippen LogP contribution in [0.5, 0.6) is 0 Å². The van der Waals surface area contributed by atoms with Crippen molar-refractivity contribution in [3.63, 3.8) is 0 Å². The van der Waals surface area contributed by atoms with Crippen LogP contribution in [0.25, 0.3) is 0 Å². The molecule has 0 spiro atoms. The van der Waals surface area contributed by atoms with E-state index >= 15 is 0 Å². The summed E-state index contributed by atoms with van der Waals surface area (Å²) in [6.45, 7) is 19.8. The lowest BCUT2D eigenvalue weighted by atomic mass is 9.48. The fourth-order valence-corrected chi connectivity index (χ4v) is 14.2. The Kier molecular flexibility index (Phi) is 20.1. The summed E-state index contributed by atoms with van der Waals surface area (Å²) < 4.78 is 57.3. The number of hydrogen-bond donors (Lipinski definition) is 1. The van der Waals surface area contributed by atoms with Gasteiger partial charge in [-0.2, -0.15) is 0 Å². The number of esters is 11.